The topological polar surface area (TPSA) is 75.9 Å². The number of carbonyl (C=O) groups excluding carboxylic acids is 2. The van der Waals surface area contributed by atoms with Crippen molar-refractivity contribution in [3.63, 3.8) is 0 Å². The molecule has 0 saturated carbocycles. The summed E-state index contributed by atoms with van der Waals surface area (Å²) < 4.78 is 10.7. The Bertz CT molecular complexity index is 1120. The van der Waals surface area contributed by atoms with E-state index < -0.39 is 0 Å². The first kappa shape index (κ1) is 23.5. The van der Waals surface area contributed by atoms with Crippen molar-refractivity contribution in [2.45, 2.75) is 32.2 Å². The molecule has 178 valence electrons. The third-order valence-corrected chi connectivity index (χ3v) is 6.77. The molecule has 0 radical (unpaired) electrons. The quantitative estimate of drug-likeness (QED) is 0.526. The Labute approximate surface area is 200 Å². The summed E-state index contributed by atoms with van der Waals surface area (Å²) in [6.45, 7) is 3.11. The summed E-state index contributed by atoms with van der Waals surface area (Å²) in [6.07, 6.45) is 7.18. The average Bonchev–Trinajstić information content (AvgIpc) is 3.32. The Balaban J connectivity index is 1.52. The van der Waals surface area contributed by atoms with Gasteiger partial charge in [-0.2, -0.15) is 0 Å². The van der Waals surface area contributed by atoms with Crippen LogP contribution in [0.2, 0.25) is 0 Å². The van der Waals surface area contributed by atoms with Crippen LogP contribution in [0.4, 0.5) is 0 Å². The van der Waals surface area contributed by atoms with E-state index in [4.69, 9.17) is 9.15 Å². The third-order valence-electron chi connectivity index (χ3n) is 6.77. The van der Waals surface area contributed by atoms with E-state index in [2.05, 4.69) is 11.1 Å². The van der Waals surface area contributed by atoms with Crippen LogP contribution in [0.3, 0.4) is 0 Å². The minimum Gasteiger partial charge on any atom is -0.497 e. The summed E-state index contributed by atoms with van der Waals surface area (Å²) in [5, 5.41) is 0. The Morgan fingerprint density at radius 1 is 1.21 bits per heavy atom. The maximum atomic E-state index is 13.3. The second-order valence-corrected chi connectivity index (χ2v) is 8.80. The lowest BCUT2D eigenvalue weighted by Gasteiger charge is -2.40. The van der Waals surface area contributed by atoms with Gasteiger partial charge >= 0.3 is 0 Å². The first-order valence-corrected chi connectivity index (χ1v) is 11.6. The van der Waals surface area contributed by atoms with Gasteiger partial charge < -0.3 is 19.0 Å². The number of likely N-dealkylation sites (N-methyl/N-ethyl adjacent to an activating group) is 1. The first-order valence-electron chi connectivity index (χ1n) is 11.6. The van der Waals surface area contributed by atoms with Crippen LogP contribution in [0.15, 0.2) is 65.5 Å². The molecule has 0 aliphatic carbocycles. The van der Waals surface area contributed by atoms with Gasteiger partial charge in [-0.1, -0.05) is 12.1 Å². The van der Waals surface area contributed by atoms with Crippen LogP contribution in [0.25, 0.3) is 0 Å². The van der Waals surface area contributed by atoms with Gasteiger partial charge in [0.05, 0.1) is 24.5 Å². The van der Waals surface area contributed by atoms with Crippen LogP contribution in [0.1, 0.15) is 44.9 Å². The molecular weight excluding hydrogens is 430 g/mol. The van der Waals surface area contributed by atoms with Crippen molar-refractivity contribution in [2.75, 3.05) is 27.2 Å². The van der Waals surface area contributed by atoms with E-state index in [1.807, 2.05) is 42.0 Å². The highest BCUT2D eigenvalue weighted by Gasteiger charge is 2.34. The molecule has 3 heterocycles. The molecule has 2 amide bonds. The minimum absolute atomic E-state index is 0.00818. The summed E-state index contributed by atoms with van der Waals surface area (Å²) in [4.78, 5) is 34.1. The lowest BCUT2D eigenvalue weighted by atomic mass is 9.84. The highest BCUT2D eigenvalue weighted by Crippen LogP contribution is 2.29. The second kappa shape index (κ2) is 10.5. The number of nitrogens with zero attached hydrogens (tertiary/aromatic N) is 3. The van der Waals surface area contributed by atoms with Crippen LogP contribution >= 0.6 is 0 Å². The maximum Gasteiger partial charge on any atom is 0.257 e. The van der Waals surface area contributed by atoms with E-state index in [0.717, 1.165) is 24.2 Å². The van der Waals surface area contributed by atoms with Crippen LogP contribution in [-0.4, -0.2) is 59.9 Å². The van der Waals surface area contributed by atoms with Gasteiger partial charge in [-0.05, 0) is 68.0 Å². The van der Waals surface area contributed by atoms with Crippen molar-refractivity contribution in [3.8, 4) is 5.75 Å². The smallest absolute Gasteiger partial charge is 0.257 e. The molecule has 1 atom stereocenters. The molecular formula is C27H31N3O4. The fourth-order valence-corrected chi connectivity index (χ4v) is 4.77. The van der Waals surface area contributed by atoms with Gasteiger partial charge in [-0.3, -0.25) is 14.6 Å². The SMILES string of the molecule is COc1cccc(CC(C2CCN(C(=O)c3ccoc3C)CC2)N(C)C(=O)c2cccnc2)c1. The van der Waals surface area contributed by atoms with Crippen molar-refractivity contribution in [1.82, 2.24) is 14.8 Å². The molecule has 1 aliphatic heterocycles. The van der Waals surface area contributed by atoms with E-state index >= 15 is 0 Å². The van der Waals surface area contributed by atoms with Crippen molar-refractivity contribution < 1.29 is 18.7 Å². The molecule has 7 nitrogen and oxygen atoms in total. The molecule has 1 saturated heterocycles. The molecule has 1 aromatic carbocycles. The Hall–Kier alpha value is -3.61. The van der Waals surface area contributed by atoms with Gasteiger partial charge in [-0.25, -0.2) is 0 Å². The third kappa shape index (κ3) is 5.14. The monoisotopic (exact) mass is 461 g/mol. The van der Waals surface area contributed by atoms with Crippen LogP contribution in [0, 0.1) is 12.8 Å². The second-order valence-electron chi connectivity index (χ2n) is 8.80. The van der Waals surface area contributed by atoms with E-state index in [9.17, 15) is 9.59 Å². The van der Waals surface area contributed by atoms with Crippen molar-refractivity contribution >= 4 is 11.8 Å². The number of carbonyl (C=O) groups is 2. The molecule has 7 heteroatoms. The number of rotatable bonds is 7. The molecule has 34 heavy (non-hydrogen) atoms. The van der Waals surface area contributed by atoms with Crippen molar-refractivity contribution in [2.24, 2.45) is 5.92 Å². The maximum absolute atomic E-state index is 13.3. The zero-order valence-electron chi connectivity index (χ0n) is 19.9. The Kier molecular flexibility index (Phi) is 7.30. The zero-order chi connectivity index (χ0) is 24.1. The summed E-state index contributed by atoms with van der Waals surface area (Å²) in [5.41, 5.74) is 2.31. The first-order chi connectivity index (χ1) is 16.5. The summed E-state index contributed by atoms with van der Waals surface area (Å²) in [5.74, 6) is 1.66. The zero-order valence-corrected chi connectivity index (χ0v) is 19.9. The highest BCUT2D eigenvalue weighted by molar-refractivity contribution is 5.95. The molecule has 0 N–H and O–H groups in total. The molecule has 2 aromatic heterocycles. The number of ether oxygens (including phenoxy) is 1. The Morgan fingerprint density at radius 2 is 2.00 bits per heavy atom. The van der Waals surface area contributed by atoms with Gasteiger partial charge in [0.2, 0.25) is 0 Å². The number of benzene rings is 1. The number of methoxy groups -OCH3 is 1. The highest BCUT2D eigenvalue weighted by atomic mass is 16.5. The number of furan rings is 1. The molecule has 1 fully saturated rings. The van der Waals surface area contributed by atoms with Gasteiger partial charge in [0.1, 0.15) is 11.5 Å². The van der Waals surface area contributed by atoms with Crippen LogP contribution in [-0.2, 0) is 6.42 Å². The number of aryl methyl sites for hydroxylation is 1. The molecule has 3 aromatic rings. The summed E-state index contributed by atoms with van der Waals surface area (Å²) in [6, 6.07) is 13.3. The lowest BCUT2D eigenvalue weighted by Crippen LogP contribution is -2.48. The number of pyridine rings is 1. The summed E-state index contributed by atoms with van der Waals surface area (Å²) in [7, 11) is 3.52. The molecule has 1 aliphatic rings. The fraction of sp³-hybridized carbons (Fsp3) is 0.370. The molecule has 0 spiro atoms. The van der Waals surface area contributed by atoms with E-state index in [1.54, 1.807) is 44.0 Å². The normalized spacial score (nSPS) is 15.1. The predicted octanol–water partition coefficient (Wildman–Crippen LogP) is 4.23. The minimum atomic E-state index is -0.0477. The summed E-state index contributed by atoms with van der Waals surface area (Å²) >= 11 is 0. The predicted molar refractivity (Wildman–Crippen MR) is 129 cm³/mol. The average molecular weight is 462 g/mol. The van der Waals surface area contributed by atoms with Crippen LogP contribution < -0.4 is 4.74 Å². The van der Waals surface area contributed by atoms with E-state index in [1.165, 1.54) is 0 Å². The lowest BCUT2D eigenvalue weighted by molar-refractivity contribution is 0.0521. The van der Waals surface area contributed by atoms with Gasteiger partial charge in [0, 0.05) is 38.6 Å². The number of piperidine rings is 1. The number of hydrogen-bond donors (Lipinski definition) is 0. The Morgan fingerprint density at radius 3 is 2.65 bits per heavy atom. The molecule has 4 rings (SSSR count). The van der Waals surface area contributed by atoms with Crippen molar-refractivity contribution in [3.05, 3.63) is 83.6 Å². The van der Waals surface area contributed by atoms with Gasteiger partial charge in [-0.15, -0.1) is 0 Å². The van der Waals surface area contributed by atoms with E-state index in [-0.39, 0.29) is 23.8 Å². The van der Waals surface area contributed by atoms with Gasteiger partial charge in [0.25, 0.3) is 11.8 Å². The van der Waals surface area contributed by atoms with Crippen molar-refractivity contribution in [1.29, 1.82) is 0 Å². The number of likely N-dealkylation sites (tertiary alicyclic amines) is 1. The molecule has 0 bridgehead atoms. The standard InChI is InChI=1S/C27H31N3O4/c1-19-24(11-15-34-19)27(32)30-13-9-21(10-14-30)25(17-20-6-4-8-23(16-20)33-3)29(2)26(31)22-7-5-12-28-18-22/h4-8,11-12,15-16,18,21,25H,9-10,13-14,17H2,1-3H3. The fourth-order valence-electron chi connectivity index (χ4n) is 4.77. The number of hydrogen-bond acceptors (Lipinski definition) is 5. The number of amides is 2. The van der Waals surface area contributed by atoms with Crippen LogP contribution in [0.5, 0.6) is 5.75 Å². The largest absolute Gasteiger partial charge is 0.497 e. The number of aromatic nitrogens is 1. The van der Waals surface area contributed by atoms with E-state index in [0.29, 0.717) is 36.4 Å². The van der Waals surface area contributed by atoms with Gasteiger partial charge in [0.15, 0.2) is 0 Å². The molecule has 1 unspecified atom stereocenters.